The van der Waals surface area contributed by atoms with Crippen molar-refractivity contribution in [2.24, 2.45) is 11.3 Å². The smallest absolute Gasteiger partial charge is 0.240 e. The second-order valence-corrected chi connectivity index (χ2v) is 9.94. The summed E-state index contributed by atoms with van der Waals surface area (Å²) < 4.78 is 27.8. The van der Waals surface area contributed by atoms with Crippen LogP contribution in [0.25, 0.3) is 0 Å². The maximum Gasteiger partial charge on any atom is 0.240 e. The first-order chi connectivity index (χ1) is 13.0. The van der Waals surface area contributed by atoms with Crippen LogP contribution < -0.4 is 10.0 Å². The van der Waals surface area contributed by atoms with Gasteiger partial charge in [0.25, 0.3) is 0 Å². The Kier molecular flexibility index (Phi) is 6.69. The standard InChI is InChI=1S/C20H29N3O3S.ClH/c24-19(20-11-5-4-6-16(20)14-21-15-20)23-12-9-17(10-13-23)22-27(25,26)18-7-2-1-3-8-18;/h1-3,7-8,16-17,21-22H,4-6,9-15H2;1H/t16-,20+;/m0./s1. The summed E-state index contributed by atoms with van der Waals surface area (Å²) in [6, 6.07) is 8.36. The highest BCUT2D eigenvalue weighted by Gasteiger charge is 2.51. The minimum atomic E-state index is -3.50. The number of likely N-dealkylation sites (tertiary alicyclic amines) is 1. The zero-order valence-electron chi connectivity index (χ0n) is 16.1. The third kappa shape index (κ3) is 4.08. The Labute approximate surface area is 173 Å². The first-order valence-electron chi connectivity index (χ1n) is 10.1. The molecule has 0 radical (unpaired) electrons. The largest absolute Gasteiger partial charge is 0.342 e. The van der Waals surface area contributed by atoms with Gasteiger partial charge >= 0.3 is 0 Å². The molecule has 8 heteroatoms. The fraction of sp³-hybridized carbons (Fsp3) is 0.650. The van der Waals surface area contributed by atoms with Gasteiger partial charge in [0.2, 0.25) is 15.9 Å². The van der Waals surface area contributed by atoms with Gasteiger partial charge in [0.1, 0.15) is 0 Å². The number of amides is 1. The van der Waals surface area contributed by atoms with Gasteiger partial charge in [0, 0.05) is 25.7 Å². The number of carbonyl (C=O) groups excluding carboxylic acids is 1. The molecule has 1 aliphatic carbocycles. The van der Waals surface area contributed by atoms with Crippen molar-refractivity contribution < 1.29 is 13.2 Å². The minimum Gasteiger partial charge on any atom is -0.342 e. The lowest BCUT2D eigenvalue weighted by atomic mass is 9.67. The number of halogens is 1. The summed E-state index contributed by atoms with van der Waals surface area (Å²) in [5, 5.41) is 3.44. The molecule has 1 saturated carbocycles. The molecule has 0 bridgehead atoms. The molecule has 0 unspecified atom stereocenters. The van der Waals surface area contributed by atoms with Crippen molar-refractivity contribution in [3.63, 3.8) is 0 Å². The molecule has 6 nitrogen and oxygen atoms in total. The molecule has 2 N–H and O–H groups in total. The van der Waals surface area contributed by atoms with E-state index in [4.69, 9.17) is 0 Å². The fourth-order valence-corrected chi connectivity index (χ4v) is 6.40. The van der Waals surface area contributed by atoms with Crippen LogP contribution in [0.4, 0.5) is 0 Å². The number of rotatable bonds is 4. The number of benzene rings is 1. The van der Waals surface area contributed by atoms with Gasteiger partial charge < -0.3 is 10.2 Å². The van der Waals surface area contributed by atoms with Gasteiger partial charge in [0.15, 0.2) is 0 Å². The predicted octanol–water partition coefficient (Wildman–Crippen LogP) is 2.16. The van der Waals surface area contributed by atoms with Crippen LogP contribution in [-0.4, -0.2) is 51.4 Å². The summed E-state index contributed by atoms with van der Waals surface area (Å²) in [5.41, 5.74) is -0.214. The number of carbonyl (C=O) groups is 1. The molecular formula is C20H30ClN3O3S. The monoisotopic (exact) mass is 427 g/mol. The first-order valence-corrected chi connectivity index (χ1v) is 11.6. The van der Waals surface area contributed by atoms with Crippen molar-refractivity contribution in [2.45, 2.75) is 49.5 Å². The molecule has 2 atom stereocenters. The molecule has 2 saturated heterocycles. The second-order valence-electron chi connectivity index (χ2n) is 8.23. The van der Waals surface area contributed by atoms with E-state index in [0.29, 0.717) is 42.7 Å². The molecule has 2 heterocycles. The Morgan fingerprint density at radius 2 is 1.82 bits per heavy atom. The van der Waals surface area contributed by atoms with Crippen molar-refractivity contribution in [3.8, 4) is 0 Å². The molecule has 28 heavy (non-hydrogen) atoms. The van der Waals surface area contributed by atoms with Gasteiger partial charge in [-0.1, -0.05) is 31.0 Å². The van der Waals surface area contributed by atoms with E-state index < -0.39 is 10.0 Å². The van der Waals surface area contributed by atoms with E-state index in [1.165, 1.54) is 6.42 Å². The van der Waals surface area contributed by atoms with Gasteiger partial charge in [-0.3, -0.25) is 4.79 Å². The third-order valence-electron chi connectivity index (χ3n) is 6.62. The van der Waals surface area contributed by atoms with Crippen LogP contribution >= 0.6 is 12.4 Å². The average Bonchev–Trinajstić information content (AvgIpc) is 3.14. The lowest BCUT2D eigenvalue weighted by molar-refractivity contribution is -0.146. The Morgan fingerprint density at radius 3 is 2.54 bits per heavy atom. The molecule has 3 aliphatic rings. The number of hydrogen-bond donors (Lipinski definition) is 2. The van der Waals surface area contributed by atoms with E-state index in [0.717, 1.165) is 32.4 Å². The number of nitrogens with one attached hydrogen (secondary N) is 2. The van der Waals surface area contributed by atoms with Gasteiger partial charge in [-0.05, 0) is 50.3 Å². The summed E-state index contributed by atoms with van der Waals surface area (Å²) in [6.45, 7) is 3.03. The summed E-state index contributed by atoms with van der Waals surface area (Å²) in [4.78, 5) is 15.6. The van der Waals surface area contributed by atoms with Gasteiger partial charge in [-0.25, -0.2) is 13.1 Å². The molecule has 1 aromatic carbocycles. The predicted molar refractivity (Wildman–Crippen MR) is 111 cm³/mol. The van der Waals surface area contributed by atoms with Crippen LogP contribution in [0.2, 0.25) is 0 Å². The Hall–Kier alpha value is -1.15. The van der Waals surface area contributed by atoms with Crippen LogP contribution in [0, 0.1) is 11.3 Å². The minimum absolute atomic E-state index is 0. The molecule has 156 valence electrons. The van der Waals surface area contributed by atoms with E-state index in [1.807, 2.05) is 4.90 Å². The van der Waals surface area contributed by atoms with Crippen molar-refractivity contribution in [1.82, 2.24) is 14.9 Å². The average molecular weight is 428 g/mol. The third-order valence-corrected chi connectivity index (χ3v) is 8.16. The van der Waals surface area contributed by atoms with E-state index >= 15 is 0 Å². The number of piperidine rings is 1. The first kappa shape index (κ1) is 21.6. The highest BCUT2D eigenvalue weighted by Crippen LogP contribution is 2.45. The van der Waals surface area contributed by atoms with Crippen LogP contribution in [0.15, 0.2) is 35.2 Å². The number of sulfonamides is 1. The van der Waals surface area contributed by atoms with Crippen molar-refractivity contribution in [3.05, 3.63) is 30.3 Å². The topological polar surface area (TPSA) is 78.5 Å². The van der Waals surface area contributed by atoms with Crippen molar-refractivity contribution in [2.75, 3.05) is 26.2 Å². The van der Waals surface area contributed by atoms with Crippen LogP contribution in [0.5, 0.6) is 0 Å². The molecule has 1 amide bonds. The molecule has 4 rings (SSSR count). The maximum atomic E-state index is 13.3. The van der Waals surface area contributed by atoms with Crippen molar-refractivity contribution >= 4 is 28.3 Å². The highest BCUT2D eigenvalue weighted by atomic mass is 35.5. The van der Waals surface area contributed by atoms with Crippen LogP contribution in [0.1, 0.15) is 38.5 Å². The Balaban J connectivity index is 0.00000225. The Morgan fingerprint density at radius 1 is 1.11 bits per heavy atom. The van der Waals surface area contributed by atoms with E-state index in [-0.39, 0.29) is 23.9 Å². The fourth-order valence-electron chi connectivity index (χ4n) is 5.07. The van der Waals surface area contributed by atoms with E-state index in [9.17, 15) is 13.2 Å². The molecule has 3 fully saturated rings. The molecule has 1 aromatic rings. The quantitative estimate of drug-likeness (QED) is 0.771. The van der Waals surface area contributed by atoms with Gasteiger partial charge in [0.05, 0.1) is 10.3 Å². The lowest BCUT2D eigenvalue weighted by Gasteiger charge is -2.43. The number of fused-ring (bicyclic) bond motifs is 1. The summed E-state index contributed by atoms with van der Waals surface area (Å²) in [6.07, 6.45) is 5.84. The zero-order chi connectivity index (χ0) is 18.9. The van der Waals surface area contributed by atoms with E-state index in [1.54, 1.807) is 30.3 Å². The maximum absolute atomic E-state index is 13.3. The molecular weight excluding hydrogens is 398 g/mol. The summed E-state index contributed by atoms with van der Waals surface area (Å²) in [7, 11) is -3.50. The van der Waals surface area contributed by atoms with Crippen LogP contribution in [-0.2, 0) is 14.8 Å². The second kappa shape index (κ2) is 8.69. The summed E-state index contributed by atoms with van der Waals surface area (Å²) in [5.74, 6) is 0.759. The molecule has 0 spiro atoms. The SMILES string of the molecule is Cl.O=C(N1CCC(NS(=O)(=O)c2ccccc2)CC1)[C@@]12CCCC[C@H]1CNC2. The lowest BCUT2D eigenvalue weighted by Crippen LogP contribution is -2.54. The van der Waals surface area contributed by atoms with Crippen molar-refractivity contribution in [1.29, 1.82) is 0 Å². The zero-order valence-corrected chi connectivity index (χ0v) is 17.7. The van der Waals surface area contributed by atoms with Gasteiger partial charge in [-0.15, -0.1) is 12.4 Å². The van der Waals surface area contributed by atoms with Crippen LogP contribution in [0.3, 0.4) is 0 Å². The summed E-state index contributed by atoms with van der Waals surface area (Å²) >= 11 is 0. The van der Waals surface area contributed by atoms with E-state index in [2.05, 4.69) is 10.0 Å². The molecule has 2 aliphatic heterocycles. The number of nitrogens with zero attached hydrogens (tertiary/aromatic N) is 1. The number of hydrogen-bond acceptors (Lipinski definition) is 4. The Bertz CT molecular complexity index is 781. The van der Waals surface area contributed by atoms with Gasteiger partial charge in [-0.2, -0.15) is 0 Å². The molecule has 0 aromatic heterocycles. The highest BCUT2D eigenvalue weighted by molar-refractivity contribution is 7.89. The normalized spacial score (nSPS) is 28.4.